The normalized spacial score (nSPS) is 10.7. The summed E-state index contributed by atoms with van der Waals surface area (Å²) < 4.78 is 0. The molecule has 94 valence electrons. The maximum Gasteiger partial charge on any atom is 0.195 e. The number of phenolic OH excluding ortho intramolecular Hbond substituents is 1. The van der Waals surface area contributed by atoms with Gasteiger partial charge in [0.25, 0.3) is 0 Å². The van der Waals surface area contributed by atoms with E-state index < -0.39 is 0 Å². The van der Waals surface area contributed by atoms with E-state index in [1.165, 1.54) is 12.1 Å². The standard InChI is InChI=1S/C14H11N3O2/c15-11-4-3-8(6-12(11)18)13(19)10-7-17-14-9(10)2-1-5-16-14/h1-7,18H,15H2,(H,16,17). The lowest BCUT2D eigenvalue weighted by Crippen LogP contribution is -2.01. The van der Waals surface area contributed by atoms with Gasteiger partial charge >= 0.3 is 0 Å². The molecule has 0 spiro atoms. The Balaban J connectivity index is 2.11. The molecular weight excluding hydrogens is 242 g/mol. The summed E-state index contributed by atoms with van der Waals surface area (Å²) in [5.41, 5.74) is 7.33. The first-order valence-corrected chi connectivity index (χ1v) is 5.72. The van der Waals surface area contributed by atoms with E-state index in [9.17, 15) is 9.90 Å². The minimum absolute atomic E-state index is 0.0937. The van der Waals surface area contributed by atoms with Crippen molar-refractivity contribution in [2.75, 3.05) is 5.73 Å². The molecule has 3 rings (SSSR count). The number of benzene rings is 1. The van der Waals surface area contributed by atoms with E-state index in [1.807, 2.05) is 6.07 Å². The summed E-state index contributed by atoms with van der Waals surface area (Å²) in [5.74, 6) is -0.279. The Kier molecular flexibility index (Phi) is 2.45. The molecule has 0 atom stereocenters. The van der Waals surface area contributed by atoms with E-state index >= 15 is 0 Å². The average molecular weight is 253 g/mol. The second kappa shape index (κ2) is 4.13. The highest BCUT2D eigenvalue weighted by Gasteiger charge is 2.15. The fourth-order valence-electron chi connectivity index (χ4n) is 1.98. The van der Waals surface area contributed by atoms with Crippen LogP contribution in [0.5, 0.6) is 5.75 Å². The van der Waals surface area contributed by atoms with Crippen molar-refractivity contribution in [1.82, 2.24) is 9.97 Å². The molecule has 3 aromatic rings. The van der Waals surface area contributed by atoms with Gasteiger partial charge in [-0.2, -0.15) is 0 Å². The Labute approximate surface area is 108 Å². The average Bonchev–Trinajstić information content (AvgIpc) is 2.85. The van der Waals surface area contributed by atoms with Crippen LogP contribution in [0.15, 0.2) is 42.7 Å². The Morgan fingerprint density at radius 3 is 2.95 bits per heavy atom. The number of fused-ring (bicyclic) bond motifs is 1. The van der Waals surface area contributed by atoms with E-state index in [4.69, 9.17) is 5.73 Å². The lowest BCUT2D eigenvalue weighted by Gasteiger charge is -2.02. The number of rotatable bonds is 2. The van der Waals surface area contributed by atoms with Crippen LogP contribution in [0.3, 0.4) is 0 Å². The highest BCUT2D eigenvalue weighted by molar-refractivity contribution is 6.16. The number of nitrogens with zero attached hydrogens (tertiary/aromatic N) is 1. The van der Waals surface area contributed by atoms with Gasteiger partial charge in [-0.3, -0.25) is 4.79 Å². The molecule has 0 saturated heterocycles. The molecule has 0 aliphatic carbocycles. The van der Waals surface area contributed by atoms with E-state index in [0.717, 1.165) is 5.39 Å². The maximum absolute atomic E-state index is 12.4. The van der Waals surface area contributed by atoms with Crippen molar-refractivity contribution in [2.24, 2.45) is 0 Å². The van der Waals surface area contributed by atoms with Crippen LogP contribution in [0.4, 0.5) is 5.69 Å². The number of H-pyrrole nitrogens is 1. The zero-order chi connectivity index (χ0) is 13.4. The molecule has 0 radical (unpaired) electrons. The van der Waals surface area contributed by atoms with Crippen molar-refractivity contribution >= 4 is 22.5 Å². The van der Waals surface area contributed by atoms with Crippen LogP contribution >= 0.6 is 0 Å². The van der Waals surface area contributed by atoms with E-state index in [1.54, 1.807) is 24.5 Å². The van der Waals surface area contributed by atoms with Gasteiger partial charge in [-0.05, 0) is 30.3 Å². The molecule has 0 aliphatic rings. The van der Waals surface area contributed by atoms with Gasteiger partial charge in [-0.25, -0.2) is 4.98 Å². The quantitative estimate of drug-likeness (QED) is 0.370. The summed E-state index contributed by atoms with van der Waals surface area (Å²) >= 11 is 0. The number of phenols is 1. The molecule has 0 amide bonds. The van der Waals surface area contributed by atoms with Crippen LogP contribution in [0.25, 0.3) is 11.0 Å². The molecule has 2 heterocycles. The molecule has 2 aromatic heterocycles. The number of aromatic nitrogens is 2. The van der Waals surface area contributed by atoms with Crippen molar-refractivity contribution < 1.29 is 9.90 Å². The lowest BCUT2D eigenvalue weighted by atomic mass is 10.0. The first-order chi connectivity index (χ1) is 9.16. The molecule has 5 heteroatoms. The van der Waals surface area contributed by atoms with Gasteiger partial charge < -0.3 is 15.8 Å². The second-order valence-electron chi connectivity index (χ2n) is 4.20. The lowest BCUT2D eigenvalue weighted by molar-refractivity contribution is 0.104. The maximum atomic E-state index is 12.4. The predicted molar refractivity (Wildman–Crippen MR) is 72.0 cm³/mol. The summed E-state index contributed by atoms with van der Waals surface area (Å²) in [5, 5.41) is 10.3. The number of aromatic amines is 1. The third-order valence-electron chi connectivity index (χ3n) is 2.99. The summed E-state index contributed by atoms with van der Waals surface area (Å²) in [7, 11) is 0. The zero-order valence-corrected chi connectivity index (χ0v) is 9.92. The number of nitrogens with one attached hydrogen (secondary N) is 1. The number of carbonyl (C=O) groups excluding carboxylic acids is 1. The number of nitrogens with two attached hydrogens (primary N) is 1. The molecule has 0 fully saturated rings. The van der Waals surface area contributed by atoms with Crippen molar-refractivity contribution in [3.05, 3.63) is 53.9 Å². The van der Waals surface area contributed by atoms with Gasteiger partial charge in [0.2, 0.25) is 0 Å². The Bertz CT molecular complexity index is 777. The van der Waals surface area contributed by atoms with Crippen LogP contribution in [0, 0.1) is 0 Å². The Hall–Kier alpha value is -2.82. The molecule has 19 heavy (non-hydrogen) atoms. The van der Waals surface area contributed by atoms with Crippen LogP contribution < -0.4 is 5.73 Å². The fourth-order valence-corrected chi connectivity index (χ4v) is 1.98. The highest BCUT2D eigenvalue weighted by Crippen LogP contribution is 2.24. The van der Waals surface area contributed by atoms with Gasteiger partial charge in [0.1, 0.15) is 11.4 Å². The van der Waals surface area contributed by atoms with Gasteiger partial charge in [-0.15, -0.1) is 0 Å². The molecule has 1 aromatic carbocycles. The van der Waals surface area contributed by atoms with Crippen LogP contribution in [-0.4, -0.2) is 20.9 Å². The van der Waals surface area contributed by atoms with E-state index in [-0.39, 0.29) is 17.2 Å². The molecule has 0 saturated carbocycles. The van der Waals surface area contributed by atoms with Crippen molar-refractivity contribution in [1.29, 1.82) is 0 Å². The van der Waals surface area contributed by atoms with Gasteiger partial charge in [0, 0.05) is 28.9 Å². The van der Waals surface area contributed by atoms with Crippen LogP contribution in [0.1, 0.15) is 15.9 Å². The number of hydrogen-bond donors (Lipinski definition) is 3. The number of hydrogen-bond acceptors (Lipinski definition) is 4. The smallest absolute Gasteiger partial charge is 0.195 e. The van der Waals surface area contributed by atoms with Gasteiger partial charge in [-0.1, -0.05) is 0 Å². The summed E-state index contributed by atoms with van der Waals surface area (Å²) in [4.78, 5) is 19.5. The molecule has 0 aliphatic heterocycles. The zero-order valence-electron chi connectivity index (χ0n) is 9.92. The molecule has 4 N–H and O–H groups in total. The van der Waals surface area contributed by atoms with Gasteiger partial charge in [0.15, 0.2) is 5.78 Å². The van der Waals surface area contributed by atoms with E-state index in [2.05, 4.69) is 9.97 Å². The van der Waals surface area contributed by atoms with Crippen molar-refractivity contribution in [3.8, 4) is 5.75 Å². The van der Waals surface area contributed by atoms with Crippen molar-refractivity contribution in [2.45, 2.75) is 0 Å². The topological polar surface area (TPSA) is 92.0 Å². The molecule has 0 unspecified atom stereocenters. The number of pyridine rings is 1. The first-order valence-electron chi connectivity index (χ1n) is 5.72. The summed E-state index contributed by atoms with van der Waals surface area (Å²) in [6, 6.07) is 8.06. The third kappa shape index (κ3) is 1.81. The number of carbonyl (C=O) groups is 1. The number of aromatic hydroxyl groups is 1. The third-order valence-corrected chi connectivity index (χ3v) is 2.99. The van der Waals surface area contributed by atoms with Crippen LogP contribution in [-0.2, 0) is 0 Å². The number of ketones is 1. The number of anilines is 1. The SMILES string of the molecule is Nc1ccc(C(=O)c2c[nH]c3ncccc23)cc1O. The van der Waals surface area contributed by atoms with Crippen molar-refractivity contribution in [3.63, 3.8) is 0 Å². The van der Waals surface area contributed by atoms with Crippen LogP contribution in [0.2, 0.25) is 0 Å². The fraction of sp³-hybridized carbons (Fsp3) is 0. The summed E-state index contributed by atoms with van der Waals surface area (Å²) in [6.07, 6.45) is 3.27. The first kappa shape index (κ1) is 11.3. The summed E-state index contributed by atoms with van der Waals surface area (Å²) in [6.45, 7) is 0. The molecule has 5 nitrogen and oxygen atoms in total. The number of nitrogen functional groups attached to an aromatic ring is 1. The van der Waals surface area contributed by atoms with Gasteiger partial charge in [0.05, 0.1) is 5.69 Å². The Morgan fingerprint density at radius 2 is 2.16 bits per heavy atom. The predicted octanol–water partition coefficient (Wildman–Crippen LogP) is 2.08. The van der Waals surface area contributed by atoms with E-state index in [0.29, 0.717) is 16.8 Å². The Morgan fingerprint density at radius 1 is 1.32 bits per heavy atom. The largest absolute Gasteiger partial charge is 0.506 e. The minimum Gasteiger partial charge on any atom is -0.506 e. The molecule has 0 bridgehead atoms. The monoisotopic (exact) mass is 253 g/mol. The highest BCUT2D eigenvalue weighted by atomic mass is 16.3. The molecular formula is C14H11N3O2. The minimum atomic E-state index is -0.186. The second-order valence-corrected chi connectivity index (χ2v) is 4.20.